The molecule has 0 unspecified atom stereocenters. The Kier molecular flexibility index (Phi) is 9.10. The summed E-state index contributed by atoms with van der Waals surface area (Å²) in [6, 6.07) is -0.354. The van der Waals surface area contributed by atoms with E-state index in [2.05, 4.69) is 15.5 Å². The number of esters is 1. The highest BCUT2D eigenvalue weighted by atomic mass is 32.1. The third-order valence-electron chi connectivity index (χ3n) is 7.40. The molecule has 10 nitrogen and oxygen atoms in total. The molecular formula is C29H40N4O6S2. The number of morpholine rings is 1. The average Bonchev–Trinajstić information content (AvgIpc) is 3.49. The van der Waals surface area contributed by atoms with Crippen molar-refractivity contribution in [2.24, 2.45) is 0 Å². The van der Waals surface area contributed by atoms with Crippen molar-refractivity contribution in [2.45, 2.75) is 78.5 Å². The Hall–Kier alpha value is -2.83. The molecule has 0 atom stereocenters. The molecule has 2 aromatic heterocycles. The lowest BCUT2D eigenvalue weighted by molar-refractivity contribution is 0.0226. The van der Waals surface area contributed by atoms with E-state index in [1.807, 2.05) is 20.8 Å². The van der Waals surface area contributed by atoms with Crippen LogP contribution in [0.2, 0.25) is 0 Å². The normalized spacial score (nSPS) is 17.0. The molecule has 2 aromatic rings. The number of anilines is 2. The summed E-state index contributed by atoms with van der Waals surface area (Å²) < 4.78 is 16.5. The second-order valence-corrected chi connectivity index (χ2v) is 13.7. The van der Waals surface area contributed by atoms with Crippen molar-refractivity contribution >= 4 is 50.8 Å². The fraction of sp³-hybridized carbons (Fsp3) is 0.621. The van der Waals surface area contributed by atoms with Gasteiger partial charge in [-0.1, -0.05) is 0 Å². The standard InChI is InChI=1S/C29H40N4O6S2/c1-5-38-26(34)23-19-8-6-7-9-21(19)40-24(23)31-27(35)30-16-20-18-10-11-33(28(36)39-29(2,3)4)17-22(18)41-25(20)32-12-14-37-15-13-32/h5-17H2,1-4H3,(H2,30,31,35). The number of amides is 3. The van der Waals surface area contributed by atoms with Crippen LogP contribution in [0, 0.1) is 0 Å². The highest BCUT2D eigenvalue weighted by molar-refractivity contribution is 7.17. The number of nitrogens with one attached hydrogen (secondary N) is 2. The van der Waals surface area contributed by atoms with Gasteiger partial charge in [-0.15, -0.1) is 22.7 Å². The van der Waals surface area contributed by atoms with Crippen LogP contribution in [0.5, 0.6) is 0 Å². The molecule has 3 aliphatic rings. The number of fused-ring (bicyclic) bond motifs is 2. The maximum absolute atomic E-state index is 13.2. The molecule has 2 N–H and O–H groups in total. The van der Waals surface area contributed by atoms with Crippen molar-refractivity contribution in [1.29, 1.82) is 0 Å². The second kappa shape index (κ2) is 12.6. The Balaban J connectivity index is 1.33. The fourth-order valence-electron chi connectivity index (χ4n) is 5.53. The molecule has 0 aromatic carbocycles. The SMILES string of the molecule is CCOC(=O)c1c(NC(=O)NCc2c(N3CCOCC3)sc3c2CCN(C(=O)OC(C)(C)C)C3)sc2c1CCCC2. The molecule has 1 saturated heterocycles. The summed E-state index contributed by atoms with van der Waals surface area (Å²) in [4.78, 5) is 45.2. The van der Waals surface area contributed by atoms with Crippen LogP contribution in [-0.2, 0) is 46.6 Å². The third-order valence-corrected chi connectivity index (χ3v) is 9.93. The van der Waals surface area contributed by atoms with Crippen molar-refractivity contribution in [1.82, 2.24) is 10.2 Å². The Bertz CT molecular complexity index is 1290. The minimum atomic E-state index is -0.552. The van der Waals surface area contributed by atoms with Gasteiger partial charge in [-0.2, -0.15) is 0 Å². The first-order chi connectivity index (χ1) is 19.6. The smallest absolute Gasteiger partial charge is 0.410 e. The Morgan fingerprint density at radius 2 is 1.73 bits per heavy atom. The maximum atomic E-state index is 13.2. The van der Waals surface area contributed by atoms with E-state index in [1.54, 1.807) is 23.2 Å². The monoisotopic (exact) mass is 604 g/mol. The van der Waals surface area contributed by atoms with E-state index in [-0.39, 0.29) is 24.7 Å². The van der Waals surface area contributed by atoms with Crippen LogP contribution in [0.4, 0.5) is 19.6 Å². The van der Waals surface area contributed by atoms with E-state index >= 15 is 0 Å². The minimum Gasteiger partial charge on any atom is -0.462 e. The van der Waals surface area contributed by atoms with Crippen LogP contribution in [0.15, 0.2) is 0 Å². The van der Waals surface area contributed by atoms with E-state index in [0.717, 1.165) is 64.7 Å². The van der Waals surface area contributed by atoms with E-state index in [9.17, 15) is 14.4 Å². The zero-order chi connectivity index (χ0) is 29.1. The Morgan fingerprint density at radius 3 is 2.46 bits per heavy atom. The first kappa shape index (κ1) is 29.7. The highest BCUT2D eigenvalue weighted by Crippen LogP contribution is 2.41. The number of rotatable bonds is 6. The van der Waals surface area contributed by atoms with Gasteiger partial charge in [0.15, 0.2) is 0 Å². The van der Waals surface area contributed by atoms with Gasteiger partial charge >= 0.3 is 18.1 Å². The zero-order valence-corrected chi connectivity index (χ0v) is 26.0. The molecule has 2 aliphatic heterocycles. The lowest BCUT2D eigenvalue weighted by Crippen LogP contribution is -2.39. The molecule has 224 valence electrons. The molecule has 1 aliphatic carbocycles. The number of urea groups is 1. The molecule has 12 heteroatoms. The maximum Gasteiger partial charge on any atom is 0.410 e. The number of hydrogen-bond acceptors (Lipinski definition) is 9. The van der Waals surface area contributed by atoms with Gasteiger partial charge in [0.25, 0.3) is 0 Å². The minimum absolute atomic E-state index is 0.286. The van der Waals surface area contributed by atoms with Crippen LogP contribution in [-0.4, -0.2) is 68.0 Å². The molecule has 0 saturated carbocycles. The molecular weight excluding hydrogens is 564 g/mol. The van der Waals surface area contributed by atoms with Crippen LogP contribution in [0.1, 0.15) is 77.3 Å². The van der Waals surface area contributed by atoms with Gasteiger partial charge < -0.3 is 29.3 Å². The molecule has 0 spiro atoms. The van der Waals surface area contributed by atoms with Gasteiger partial charge in [-0.25, -0.2) is 14.4 Å². The third kappa shape index (κ3) is 6.81. The lowest BCUT2D eigenvalue weighted by Gasteiger charge is -2.30. The second-order valence-electron chi connectivity index (χ2n) is 11.5. The van der Waals surface area contributed by atoms with Crippen molar-refractivity contribution in [3.63, 3.8) is 0 Å². The predicted octanol–water partition coefficient (Wildman–Crippen LogP) is 5.32. The topological polar surface area (TPSA) is 109 Å². The van der Waals surface area contributed by atoms with Gasteiger partial charge in [-0.05, 0) is 70.9 Å². The quantitative estimate of drug-likeness (QED) is 0.430. The molecule has 4 heterocycles. The molecule has 5 rings (SSSR count). The summed E-state index contributed by atoms with van der Waals surface area (Å²) in [7, 11) is 0. The number of thiophene rings is 2. The van der Waals surface area contributed by atoms with Gasteiger partial charge in [-0.3, -0.25) is 5.32 Å². The molecule has 0 bridgehead atoms. The summed E-state index contributed by atoms with van der Waals surface area (Å²) in [6.45, 7) is 11.9. The fourth-order valence-corrected chi connectivity index (χ4v) is 8.23. The average molecular weight is 605 g/mol. The zero-order valence-electron chi connectivity index (χ0n) is 24.4. The van der Waals surface area contributed by atoms with Gasteiger partial charge in [0.05, 0.1) is 36.9 Å². The molecule has 0 radical (unpaired) electrons. The number of carbonyl (C=O) groups excluding carboxylic acids is 3. The first-order valence-electron chi connectivity index (χ1n) is 14.4. The summed E-state index contributed by atoms with van der Waals surface area (Å²) in [6.07, 6.45) is 4.24. The summed E-state index contributed by atoms with van der Waals surface area (Å²) in [5.41, 5.74) is 3.25. The van der Waals surface area contributed by atoms with E-state index in [1.165, 1.54) is 16.9 Å². The summed E-state index contributed by atoms with van der Waals surface area (Å²) in [5.74, 6) is -0.377. The summed E-state index contributed by atoms with van der Waals surface area (Å²) in [5, 5.41) is 7.69. The van der Waals surface area contributed by atoms with Crippen molar-refractivity contribution in [3.8, 4) is 0 Å². The van der Waals surface area contributed by atoms with Gasteiger partial charge in [0, 0.05) is 41.5 Å². The molecule has 41 heavy (non-hydrogen) atoms. The largest absolute Gasteiger partial charge is 0.462 e. The van der Waals surface area contributed by atoms with Crippen molar-refractivity contribution < 1.29 is 28.6 Å². The Labute approximate surface area is 249 Å². The van der Waals surface area contributed by atoms with E-state index in [0.29, 0.717) is 49.8 Å². The number of carbonyl (C=O) groups is 3. The van der Waals surface area contributed by atoms with Gasteiger partial charge in [0.1, 0.15) is 10.6 Å². The predicted molar refractivity (Wildman–Crippen MR) is 160 cm³/mol. The number of hydrogen-bond donors (Lipinski definition) is 2. The number of ether oxygens (including phenoxy) is 3. The number of nitrogens with zero attached hydrogens (tertiary/aromatic N) is 2. The van der Waals surface area contributed by atoms with E-state index < -0.39 is 5.60 Å². The highest BCUT2D eigenvalue weighted by Gasteiger charge is 2.32. The lowest BCUT2D eigenvalue weighted by atomic mass is 9.95. The molecule has 1 fully saturated rings. The summed E-state index contributed by atoms with van der Waals surface area (Å²) >= 11 is 3.16. The van der Waals surface area contributed by atoms with Crippen LogP contribution >= 0.6 is 22.7 Å². The van der Waals surface area contributed by atoms with Gasteiger partial charge in [0.2, 0.25) is 0 Å². The van der Waals surface area contributed by atoms with Crippen LogP contribution < -0.4 is 15.5 Å². The molecule has 3 amide bonds. The van der Waals surface area contributed by atoms with Crippen molar-refractivity contribution in [2.75, 3.05) is 49.7 Å². The number of aryl methyl sites for hydroxylation is 1. The Morgan fingerprint density at radius 1 is 0.976 bits per heavy atom. The van der Waals surface area contributed by atoms with Crippen LogP contribution in [0.3, 0.4) is 0 Å². The van der Waals surface area contributed by atoms with E-state index in [4.69, 9.17) is 14.2 Å². The van der Waals surface area contributed by atoms with Crippen LogP contribution in [0.25, 0.3) is 0 Å². The first-order valence-corrected chi connectivity index (χ1v) is 16.1. The van der Waals surface area contributed by atoms with Crippen molar-refractivity contribution in [3.05, 3.63) is 32.0 Å².